The number of hydrogen-bond acceptors (Lipinski definition) is 4. The quantitative estimate of drug-likeness (QED) is 0.495. The van der Waals surface area contributed by atoms with E-state index >= 15 is 0 Å². The van der Waals surface area contributed by atoms with Gasteiger partial charge in [0.2, 0.25) is 0 Å². The van der Waals surface area contributed by atoms with E-state index in [0.29, 0.717) is 6.07 Å². The molecule has 0 amide bonds. The number of halogens is 7. The highest BCUT2D eigenvalue weighted by Gasteiger charge is 2.77. The van der Waals surface area contributed by atoms with Gasteiger partial charge in [-0.05, 0) is 19.1 Å². The first-order chi connectivity index (χ1) is 10.4. The molecule has 1 unspecified atom stereocenters. The molecular formula is C11H8ClF6O3PS. The van der Waals surface area contributed by atoms with E-state index in [9.17, 15) is 26.3 Å². The second kappa shape index (κ2) is 5.77. The van der Waals surface area contributed by atoms with Gasteiger partial charge in [0.1, 0.15) is 5.75 Å². The zero-order valence-corrected chi connectivity index (χ0v) is 13.6. The minimum absolute atomic E-state index is 0.123. The highest BCUT2D eigenvalue weighted by atomic mass is 35.5. The maximum Gasteiger partial charge on any atom is 0.431 e. The van der Waals surface area contributed by atoms with Crippen LogP contribution in [0.2, 0.25) is 5.02 Å². The molecule has 0 saturated carbocycles. The van der Waals surface area contributed by atoms with Crippen LogP contribution < -0.4 is 4.52 Å². The molecule has 1 atom stereocenters. The lowest BCUT2D eigenvalue weighted by atomic mass is 9.91. The Bertz CT molecular complexity index is 648. The molecule has 0 bridgehead atoms. The smallest absolute Gasteiger partial charge is 0.424 e. The van der Waals surface area contributed by atoms with E-state index in [2.05, 4.69) is 16.3 Å². The molecule has 0 aromatic heterocycles. The summed E-state index contributed by atoms with van der Waals surface area (Å²) in [5, 5.41) is -0.123. The topological polar surface area (TPSA) is 27.7 Å². The molecule has 0 aliphatic carbocycles. The second-order valence-corrected chi connectivity index (χ2v) is 7.66. The summed E-state index contributed by atoms with van der Waals surface area (Å²) in [6.45, 7) is -3.31. The summed E-state index contributed by atoms with van der Waals surface area (Å²) in [5.74, 6) is -0.768. The fourth-order valence-corrected chi connectivity index (χ4v) is 4.55. The van der Waals surface area contributed by atoms with Crippen LogP contribution in [0.5, 0.6) is 5.75 Å². The lowest BCUT2D eigenvalue weighted by Crippen LogP contribution is -2.56. The van der Waals surface area contributed by atoms with Crippen molar-refractivity contribution in [3.05, 3.63) is 28.8 Å². The van der Waals surface area contributed by atoms with Crippen LogP contribution in [0.1, 0.15) is 12.5 Å². The molecule has 0 saturated heterocycles. The van der Waals surface area contributed by atoms with Crippen molar-refractivity contribution in [2.24, 2.45) is 0 Å². The van der Waals surface area contributed by atoms with Crippen LogP contribution in [0.25, 0.3) is 0 Å². The van der Waals surface area contributed by atoms with Gasteiger partial charge in [-0.15, -0.1) is 0 Å². The standard InChI is InChI=1S/C11H8ClF6O3PS/c1-2-19-22(23)20-8-5-6(12)3-4-7(8)9(21-22,10(13,14)15)11(16,17)18/h3-5H,2H2,1H3. The molecule has 3 nitrogen and oxygen atoms in total. The van der Waals surface area contributed by atoms with Crippen molar-refractivity contribution in [2.45, 2.75) is 24.9 Å². The van der Waals surface area contributed by atoms with Gasteiger partial charge in [-0.25, -0.2) is 0 Å². The van der Waals surface area contributed by atoms with Crippen LogP contribution in [0, 0.1) is 0 Å². The first-order valence-corrected chi connectivity index (χ1v) is 8.88. The Hall–Kier alpha value is -0.540. The SMILES string of the molecule is CCOP1(=S)Oc2cc(Cl)ccc2C(C(F)(F)F)(C(F)(F)F)O1. The highest BCUT2D eigenvalue weighted by molar-refractivity contribution is 8.07. The number of fused-ring (bicyclic) bond motifs is 1. The number of hydrogen-bond donors (Lipinski definition) is 0. The minimum atomic E-state index is -5.85. The molecule has 1 heterocycles. The van der Waals surface area contributed by atoms with Gasteiger partial charge in [0.15, 0.2) is 0 Å². The lowest BCUT2D eigenvalue weighted by Gasteiger charge is -2.43. The Morgan fingerprint density at radius 1 is 1.22 bits per heavy atom. The zero-order chi connectivity index (χ0) is 17.7. The molecule has 1 aromatic rings. The van der Waals surface area contributed by atoms with E-state index in [0.717, 1.165) is 12.1 Å². The van der Waals surface area contributed by atoms with Crippen molar-refractivity contribution in [3.8, 4) is 5.75 Å². The summed E-state index contributed by atoms with van der Waals surface area (Å²) < 4.78 is 94.6. The van der Waals surface area contributed by atoms with Crippen molar-refractivity contribution in [2.75, 3.05) is 6.61 Å². The van der Waals surface area contributed by atoms with E-state index in [-0.39, 0.29) is 11.6 Å². The van der Waals surface area contributed by atoms with Crippen LogP contribution >= 0.6 is 18.3 Å². The average molecular weight is 401 g/mol. The second-order valence-electron chi connectivity index (χ2n) is 4.36. The first kappa shape index (κ1) is 18.8. The molecule has 23 heavy (non-hydrogen) atoms. The molecule has 0 N–H and O–H groups in total. The molecule has 0 radical (unpaired) electrons. The summed E-state index contributed by atoms with van der Waals surface area (Å²) in [6, 6.07) is 2.23. The summed E-state index contributed by atoms with van der Waals surface area (Å²) in [6.07, 6.45) is -11.7. The van der Waals surface area contributed by atoms with Crippen molar-refractivity contribution in [3.63, 3.8) is 0 Å². The maximum atomic E-state index is 13.4. The van der Waals surface area contributed by atoms with Gasteiger partial charge in [0.25, 0.3) is 5.60 Å². The van der Waals surface area contributed by atoms with Crippen LogP contribution in [0.15, 0.2) is 18.2 Å². The minimum Gasteiger partial charge on any atom is -0.424 e. The van der Waals surface area contributed by atoms with E-state index < -0.39 is 36.0 Å². The monoisotopic (exact) mass is 400 g/mol. The van der Waals surface area contributed by atoms with Gasteiger partial charge in [-0.2, -0.15) is 26.3 Å². The van der Waals surface area contributed by atoms with E-state index in [4.69, 9.17) is 20.6 Å². The molecular weight excluding hydrogens is 393 g/mol. The Balaban J connectivity index is 2.82. The average Bonchev–Trinajstić information content (AvgIpc) is 2.34. The van der Waals surface area contributed by atoms with Crippen molar-refractivity contribution >= 4 is 30.1 Å². The van der Waals surface area contributed by atoms with Crippen LogP contribution in [-0.4, -0.2) is 19.0 Å². The summed E-state index contributed by atoms with van der Waals surface area (Å²) >= 11 is 10.3. The van der Waals surface area contributed by atoms with Crippen molar-refractivity contribution < 1.29 is 39.9 Å². The third-order valence-electron chi connectivity index (χ3n) is 2.87. The largest absolute Gasteiger partial charge is 0.431 e. The van der Waals surface area contributed by atoms with Crippen LogP contribution in [-0.2, 0) is 26.5 Å². The zero-order valence-electron chi connectivity index (χ0n) is 11.2. The Kier molecular flexibility index (Phi) is 4.71. The number of benzene rings is 1. The Morgan fingerprint density at radius 3 is 2.26 bits per heavy atom. The normalized spacial score (nSPS) is 24.0. The fourth-order valence-electron chi connectivity index (χ4n) is 2.00. The third-order valence-corrected chi connectivity index (χ3v) is 5.36. The van der Waals surface area contributed by atoms with Gasteiger partial charge >= 0.3 is 19.1 Å². The lowest BCUT2D eigenvalue weighted by molar-refractivity contribution is -0.369. The van der Waals surface area contributed by atoms with Crippen LogP contribution in [0.4, 0.5) is 26.3 Å². The summed E-state index contributed by atoms with van der Waals surface area (Å²) in [7, 11) is 0. The van der Waals surface area contributed by atoms with Crippen molar-refractivity contribution in [1.29, 1.82) is 0 Å². The molecule has 1 aromatic carbocycles. The fraction of sp³-hybridized carbons (Fsp3) is 0.455. The molecule has 2 rings (SSSR count). The third kappa shape index (κ3) is 3.07. The molecule has 1 aliphatic heterocycles. The van der Waals surface area contributed by atoms with Crippen LogP contribution in [0.3, 0.4) is 0 Å². The van der Waals surface area contributed by atoms with Gasteiger partial charge in [-0.3, -0.25) is 9.05 Å². The molecule has 130 valence electrons. The van der Waals surface area contributed by atoms with Gasteiger partial charge < -0.3 is 4.52 Å². The van der Waals surface area contributed by atoms with Gasteiger partial charge in [-0.1, -0.05) is 17.7 Å². The van der Waals surface area contributed by atoms with Gasteiger partial charge in [0, 0.05) is 22.4 Å². The van der Waals surface area contributed by atoms with E-state index in [1.54, 1.807) is 0 Å². The molecule has 0 spiro atoms. The van der Waals surface area contributed by atoms with Gasteiger partial charge in [0.05, 0.1) is 6.61 Å². The highest BCUT2D eigenvalue weighted by Crippen LogP contribution is 2.68. The maximum absolute atomic E-state index is 13.4. The predicted molar refractivity (Wildman–Crippen MR) is 72.9 cm³/mol. The van der Waals surface area contributed by atoms with E-state index in [1.165, 1.54) is 6.92 Å². The molecule has 12 heteroatoms. The van der Waals surface area contributed by atoms with Crippen molar-refractivity contribution in [1.82, 2.24) is 0 Å². The molecule has 1 aliphatic rings. The Labute approximate surface area is 136 Å². The molecule has 0 fully saturated rings. The summed E-state index contributed by atoms with van der Waals surface area (Å²) in [5.41, 5.74) is -5.93. The predicted octanol–water partition coefficient (Wildman–Crippen LogP) is 5.33. The number of alkyl halides is 6. The Morgan fingerprint density at radius 2 is 1.78 bits per heavy atom. The number of rotatable bonds is 2. The van der Waals surface area contributed by atoms with E-state index in [1.807, 2.05) is 0 Å². The first-order valence-electron chi connectivity index (χ1n) is 5.95. The summed E-state index contributed by atoms with van der Waals surface area (Å²) in [4.78, 5) is 0.